The molecule has 2 atom stereocenters. The van der Waals surface area contributed by atoms with Crippen molar-refractivity contribution in [2.45, 2.75) is 25.5 Å². The van der Waals surface area contributed by atoms with E-state index >= 15 is 0 Å². The summed E-state index contributed by atoms with van der Waals surface area (Å²) in [6.45, 7) is 5.51. The molecule has 2 aliphatic heterocycles. The number of carbonyl (C=O) groups is 1. The predicted octanol–water partition coefficient (Wildman–Crippen LogP) is 1.71. The highest BCUT2D eigenvalue weighted by molar-refractivity contribution is 5.79. The van der Waals surface area contributed by atoms with Crippen LogP contribution in [0, 0.1) is 5.92 Å². The topological polar surface area (TPSA) is 70.6 Å². The molecule has 7 heteroatoms. The minimum absolute atomic E-state index is 0.0310. The number of anilines is 1. The number of hydrogen-bond acceptors (Lipinski definition) is 6. The third-order valence-corrected chi connectivity index (χ3v) is 5.60. The van der Waals surface area contributed by atoms with Gasteiger partial charge in [-0.2, -0.15) is 0 Å². The minimum atomic E-state index is -0.0310. The van der Waals surface area contributed by atoms with E-state index in [1.807, 2.05) is 12.1 Å². The Morgan fingerprint density at radius 1 is 1.10 bits per heavy atom. The molecule has 1 aromatic carbocycles. The van der Waals surface area contributed by atoms with Crippen LogP contribution < -0.4 is 10.2 Å². The quantitative estimate of drug-likeness (QED) is 0.803. The highest BCUT2D eigenvalue weighted by Crippen LogP contribution is 2.20. The number of hydrogen-bond donors (Lipinski definition) is 1. The van der Waals surface area contributed by atoms with Gasteiger partial charge in [0.15, 0.2) is 0 Å². The Balaban J connectivity index is 1.24. The average molecular weight is 396 g/mol. The van der Waals surface area contributed by atoms with Crippen LogP contribution in [0.5, 0.6) is 0 Å². The molecule has 0 bridgehead atoms. The summed E-state index contributed by atoms with van der Waals surface area (Å²) in [6, 6.07) is 12.3. The van der Waals surface area contributed by atoms with Gasteiger partial charge in [0.05, 0.1) is 18.6 Å². The fourth-order valence-electron chi connectivity index (χ4n) is 4.08. The molecule has 1 amide bonds. The molecule has 1 N–H and O–H groups in total. The molecule has 2 saturated heterocycles. The standard InChI is InChI=1S/C22H29N5O2/c28-21(19-8-4-11-27(16-19)22-23-9-5-10-24-22)25-14-20-17-26(12-13-29-20)15-18-6-2-1-3-7-18/h1-3,5-7,9-10,19-20H,4,8,11-17H2,(H,25,28). The maximum absolute atomic E-state index is 12.7. The Labute approximate surface area is 172 Å². The molecule has 4 rings (SSSR count). The Bertz CT molecular complexity index is 773. The maximum atomic E-state index is 12.7. The van der Waals surface area contributed by atoms with Crippen LogP contribution in [0.25, 0.3) is 0 Å². The molecule has 1 aromatic heterocycles. The van der Waals surface area contributed by atoms with Gasteiger partial charge in [0, 0.05) is 51.7 Å². The van der Waals surface area contributed by atoms with Crippen molar-refractivity contribution in [2.24, 2.45) is 5.92 Å². The number of morpholine rings is 1. The Morgan fingerprint density at radius 2 is 1.93 bits per heavy atom. The van der Waals surface area contributed by atoms with Gasteiger partial charge in [-0.15, -0.1) is 0 Å². The molecule has 7 nitrogen and oxygen atoms in total. The van der Waals surface area contributed by atoms with Crippen molar-refractivity contribution in [3.63, 3.8) is 0 Å². The first-order valence-electron chi connectivity index (χ1n) is 10.5. The number of nitrogens with zero attached hydrogens (tertiary/aromatic N) is 4. The first kappa shape index (κ1) is 19.8. The van der Waals surface area contributed by atoms with Gasteiger partial charge in [0.25, 0.3) is 0 Å². The zero-order valence-electron chi connectivity index (χ0n) is 16.7. The molecular formula is C22H29N5O2. The number of ether oxygens (including phenoxy) is 1. The molecule has 2 fully saturated rings. The monoisotopic (exact) mass is 395 g/mol. The number of aromatic nitrogens is 2. The second-order valence-corrected chi connectivity index (χ2v) is 7.79. The van der Waals surface area contributed by atoms with Gasteiger partial charge in [-0.25, -0.2) is 9.97 Å². The van der Waals surface area contributed by atoms with Gasteiger partial charge < -0.3 is 15.0 Å². The third-order valence-electron chi connectivity index (χ3n) is 5.60. The zero-order chi connectivity index (χ0) is 19.9. The lowest BCUT2D eigenvalue weighted by Crippen LogP contribution is -2.49. The van der Waals surface area contributed by atoms with Crippen LogP contribution in [0.2, 0.25) is 0 Å². The SMILES string of the molecule is O=C(NCC1CN(Cc2ccccc2)CCO1)C1CCCN(c2ncccn2)C1. The Hall–Kier alpha value is -2.51. The van der Waals surface area contributed by atoms with Gasteiger partial charge in [-0.05, 0) is 24.5 Å². The smallest absolute Gasteiger partial charge is 0.225 e. The zero-order valence-corrected chi connectivity index (χ0v) is 16.7. The molecule has 2 unspecified atom stereocenters. The second-order valence-electron chi connectivity index (χ2n) is 7.79. The van der Waals surface area contributed by atoms with Gasteiger partial charge in [-0.3, -0.25) is 9.69 Å². The number of carbonyl (C=O) groups excluding carboxylic acids is 1. The van der Waals surface area contributed by atoms with Gasteiger partial charge in [-0.1, -0.05) is 30.3 Å². The summed E-state index contributed by atoms with van der Waals surface area (Å²) in [7, 11) is 0. The van der Waals surface area contributed by atoms with Crippen LogP contribution in [0.1, 0.15) is 18.4 Å². The first-order valence-corrected chi connectivity index (χ1v) is 10.5. The van der Waals surface area contributed by atoms with E-state index in [9.17, 15) is 4.79 Å². The molecule has 29 heavy (non-hydrogen) atoms. The van der Waals surface area contributed by atoms with Crippen LogP contribution in [0.4, 0.5) is 5.95 Å². The largest absolute Gasteiger partial charge is 0.374 e. The van der Waals surface area contributed by atoms with Crippen molar-refractivity contribution in [1.82, 2.24) is 20.2 Å². The molecule has 3 heterocycles. The van der Waals surface area contributed by atoms with Crippen LogP contribution in [-0.4, -0.2) is 66.2 Å². The highest BCUT2D eigenvalue weighted by atomic mass is 16.5. The normalized spacial score (nSPS) is 23.0. The van der Waals surface area contributed by atoms with E-state index in [0.29, 0.717) is 25.6 Å². The van der Waals surface area contributed by atoms with Crippen molar-refractivity contribution >= 4 is 11.9 Å². The van der Waals surface area contributed by atoms with E-state index in [-0.39, 0.29) is 17.9 Å². The number of nitrogens with one attached hydrogen (secondary N) is 1. The van der Waals surface area contributed by atoms with Crippen molar-refractivity contribution < 1.29 is 9.53 Å². The van der Waals surface area contributed by atoms with E-state index in [0.717, 1.165) is 39.0 Å². The van der Waals surface area contributed by atoms with Crippen LogP contribution >= 0.6 is 0 Å². The van der Waals surface area contributed by atoms with Gasteiger partial charge in [0.1, 0.15) is 0 Å². The highest BCUT2D eigenvalue weighted by Gasteiger charge is 2.28. The average Bonchev–Trinajstić information content (AvgIpc) is 2.79. The first-order chi connectivity index (χ1) is 14.3. The lowest BCUT2D eigenvalue weighted by atomic mass is 9.97. The van der Waals surface area contributed by atoms with Crippen molar-refractivity contribution in [3.05, 3.63) is 54.4 Å². The fourth-order valence-corrected chi connectivity index (χ4v) is 4.08. The lowest BCUT2D eigenvalue weighted by molar-refractivity contribution is -0.126. The third kappa shape index (κ3) is 5.52. The molecular weight excluding hydrogens is 366 g/mol. The van der Waals surface area contributed by atoms with Crippen molar-refractivity contribution in [3.8, 4) is 0 Å². The van der Waals surface area contributed by atoms with E-state index < -0.39 is 0 Å². The summed E-state index contributed by atoms with van der Waals surface area (Å²) in [5.41, 5.74) is 1.31. The summed E-state index contributed by atoms with van der Waals surface area (Å²) in [4.78, 5) is 25.9. The molecule has 154 valence electrons. The summed E-state index contributed by atoms with van der Waals surface area (Å²) in [6.07, 6.45) is 5.40. The molecule has 0 spiro atoms. The van der Waals surface area contributed by atoms with Gasteiger partial charge in [0.2, 0.25) is 11.9 Å². The second kappa shape index (κ2) is 9.80. The summed E-state index contributed by atoms with van der Waals surface area (Å²) >= 11 is 0. The number of rotatable bonds is 6. The molecule has 2 aliphatic rings. The lowest BCUT2D eigenvalue weighted by Gasteiger charge is -2.34. The number of benzene rings is 1. The summed E-state index contributed by atoms with van der Waals surface area (Å²) in [5.74, 6) is 0.781. The Kier molecular flexibility index (Phi) is 6.69. The fraction of sp³-hybridized carbons (Fsp3) is 0.500. The van der Waals surface area contributed by atoms with Crippen LogP contribution in [-0.2, 0) is 16.1 Å². The molecule has 2 aromatic rings. The van der Waals surface area contributed by atoms with Crippen LogP contribution in [0.15, 0.2) is 48.8 Å². The molecule has 0 radical (unpaired) electrons. The summed E-state index contributed by atoms with van der Waals surface area (Å²) < 4.78 is 5.89. The van der Waals surface area contributed by atoms with E-state index in [1.165, 1.54) is 5.56 Å². The van der Waals surface area contributed by atoms with E-state index in [1.54, 1.807) is 12.4 Å². The minimum Gasteiger partial charge on any atom is -0.374 e. The predicted molar refractivity (Wildman–Crippen MR) is 111 cm³/mol. The number of amides is 1. The molecule has 0 aliphatic carbocycles. The summed E-state index contributed by atoms with van der Waals surface area (Å²) in [5, 5.41) is 3.12. The Morgan fingerprint density at radius 3 is 2.76 bits per heavy atom. The van der Waals surface area contributed by atoms with Crippen molar-refractivity contribution in [2.75, 3.05) is 44.2 Å². The molecule has 0 saturated carbocycles. The number of piperidine rings is 1. The van der Waals surface area contributed by atoms with E-state index in [2.05, 4.69) is 49.4 Å². The van der Waals surface area contributed by atoms with Crippen molar-refractivity contribution in [1.29, 1.82) is 0 Å². The van der Waals surface area contributed by atoms with E-state index in [4.69, 9.17) is 4.74 Å². The van der Waals surface area contributed by atoms with Gasteiger partial charge >= 0.3 is 0 Å². The van der Waals surface area contributed by atoms with Crippen LogP contribution in [0.3, 0.4) is 0 Å². The maximum Gasteiger partial charge on any atom is 0.225 e.